The lowest BCUT2D eigenvalue weighted by Crippen LogP contribution is -2.32. The molecule has 0 saturated carbocycles. The number of anilines is 1. The van der Waals surface area contributed by atoms with Crippen molar-refractivity contribution in [1.29, 1.82) is 0 Å². The van der Waals surface area contributed by atoms with Crippen LogP contribution in [0.5, 0.6) is 0 Å². The molecule has 0 atom stereocenters. The van der Waals surface area contributed by atoms with E-state index in [0.29, 0.717) is 42.1 Å². The quantitative estimate of drug-likeness (QED) is 0.175. The molecule has 44 heavy (non-hydrogen) atoms. The zero-order chi connectivity index (χ0) is 32.5. The summed E-state index contributed by atoms with van der Waals surface area (Å²) in [6.45, 7) is 7.76. The molecule has 5 nitrogen and oxygen atoms in total. The van der Waals surface area contributed by atoms with Crippen LogP contribution in [0.1, 0.15) is 55.5 Å². The predicted molar refractivity (Wildman–Crippen MR) is 159 cm³/mol. The minimum absolute atomic E-state index is 0.0381. The Kier molecular flexibility index (Phi) is 11.6. The van der Waals surface area contributed by atoms with E-state index in [1.165, 1.54) is 0 Å². The lowest BCUT2D eigenvalue weighted by Gasteiger charge is -2.28. The van der Waals surface area contributed by atoms with Crippen LogP contribution in [0.25, 0.3) is 10.9 Å². The second kappa shape index (κ2) is 14.9. The zero-order valence-electron chi connectivity index (χ0n) is 25.0. The number of nitrogens with zero attached hydrogens (tertiary/aromatic N) is 3. The summed E-state index contributed by atoms with van der Waals surface area (Å²) in [5.41, 5.74) is -0.989. The van der Waals surface area contributed by atoms with Crippen molar-refractivity contribution >= 4 is 22.8 Å². The highest BCUT2D eigenvalue weighted by atomic mass is 19.4. The molecule has 1 amide bonds. The highest BCUT2D eigenvalue weighted by molar-refractivity contribution is 5.82. The van der Waals surface area contributed by atoms with Crippen molar-refractivity contribution in [2.45, 2.75) is 59.7 Å². The molecule has 0 aliphatic carbocycles. The van der Waals surface area contributed by atoms with Crippen molar-refractivity contribution in [3.05, 3.63) is 107 Å². The number of rotatable bonds is 9. The smallest absolute Gasteiger partial charge is 0.416 e. The fourth-order valence-electron chi connectivity index (χ4n) is 4.62. The molecule has 0 aliphatic rings. The first-order chi connectivity index (χ1) is 20.9. The number of amides is 1. The van der Waals surface area contributed by atoms with Gasteiger partial charge in [0.15, 0.2) is 0 Å². The normalized spacial score (nSPS) is 11.5. The molecule has 0 saturated heterocycles. The number of carbonyl (C=O) groups excluding carboxylic acids is 1. The van der Waals surface area contributed by atoms with Gasteiger partial charge in [-0.25, -0.2) is 9.78 Å². The Morgan fingerprint density at radius 2 is 1.34 bits per heavy atom. The Labute approximate surface area is 253 Å². The number of benzene rings is 3. The van der Waals surface area contributed by atoms with E-state index in [2.05, 4.69) is 0 Å². The minimum atomic E-state index is -5.01. The molecule has 1 aromatic heterocycles. The summed E-state index contributed by atoms with van der Waals surface area (Å²) in [6, 6.07) is 20.1. The van der Waals surface area contributed by atoms with Gasteiger partial charge in [0.2, 0.25) is 0 Å². The topological polar surface area (TPSA) is 45.7 Å². The van der Waals surface area contributed by atoms with Crippen LogP contribution in [0.3, 0.4) is 0 Å². The van der Waals surface area contributed by atoms with Crippen molar-refractivity contribution in [2.24, 2.45) is 0 Å². The fourth-order valence-corrected chi connectivity index (χ4v) is 4.62. The van der Waals surface area contributed by atoms with E-state index in [4.69, 9.17) is 9.72 Å². The Bertz CT molecular complexity index is 1490. The summed E-state index contributed by atoms with van der Waals surface area (Å²) < 4.78 is 86.3. The molecule has 3 aromatic carbocycles. The predicted octanol–water partition coefficient (Wildman–Crippen LogP) is 9.48. The molecule has 0 radical (unpaired) electrons. The molecular formula is C33H35F6N3O2. The number of hydrogen-bond donors (Lipinski definition) is 0. The number of fused-ring (bicyclic) bond motifs is 1. The number of halogens is 6. The summed E-state index contributed by atoms with van der Waals surface area (Å²) in [4.78, 5) is 21.0. The zero-order valence-corrected chi connectivity index (χ0v) is 25.0. The van der Waals surface area contributed by atoms with E-state index in [1.807, 2.05) is 86.3 Å². The van der Waals surface area contributed by atoms with Crippen molar-refractivity contribution < 1.29 is 35.9 Å². The second-order valence-corrected chi connectivity index (χ2v) is 9.63. The summed E-state index contributed by atoms with van der Waals surface area (Å²) in [6.07, 6.45) is -10.9. The van der Waals surface area contributed by atoms with Gasteiger partial charge in [-0.3, -0.25) is 4.90 Å². The second-order valence-electron chi connectivity index (χ2n) is 9.63. The van der Waals surface area contributed by atoms with Crippen LogP contribution in [0.4, 0.5) is 37.0 Å². The Hall–Kier alpha value is -4.28. The number of hydrogen-bond acceptors (Lipinski definition) is 4. The van der Waals surface area contributed by atoms with Crippen LogP contribution in [-0.2, 0) is 36.7 Å². The van der Waals surface area contributed by atoms with Gasteiger partial charge in [0.1, 0.15) is 5.82 Å². The van der Waals surface area contributed by atoms with Gasteiger partial charge in [0.25, 0.3) is 0 Å². The highest BCUT2D eigenvalue weighted by Crippen LogP contribution is 2.37. The van der Waals surface area contributed by atoms with Crippen molar-refractivity contribution in [3.63, 3.8) is 0 Å². The third kappa shape index (κ3) is 8.87. The minimum Gasteiger partial charge on any atom is -0.450 e. The van der Waals surface area contributed by atoms with Gasteiger partial charge in [-0.1, -0.05) is 62.4 Å². The van der Waals surface area contributed by atoms with Gasteiger partial charge in [0, 0.05) is 30.6 Å². The van der Waals surface area contributed by atoms with Gasteiger partial charge >= 0.3 is 18.4 Å². The molecule has 0 fully saturated rings. The Morgan fingerprint density at radius 3 is 1.91 bits per heavy atom. The van der Waals surface area contributed by atoms with Crippen LogP contribution < -0.4 is 4.90 Å². The molecular weight excluding hydrogens is 584 g/mol. The maximum atomic E-state index is 13.5. The van der Waals surface area contributed by atoms with E-state index in [9.17, 15) is 31.1 Å². The monoisotopic (exact) mass is 619 g/mol. The Morgan fingerprint density at radius 1 is 0.750 bits per heavy atom. The molecule has 11 heteroatoms. The van der Waals surface area contributed by atoms with E-state index < -0.39 is 36.1 Å². The number of alkyl halides is 6. The summed E-state index contributed by atoms with van der Waals surface area (Å²) >= 11 is 0. The lowest BCUT2D eigenvalue weighted by molar-refractivity contribution is -0.143. The van der Waals surface area contributed by atoms with Gasteiger partial charge in [-0.05, 0) is 55.3 Å². The first-order valence-electron chi connectivity index (χ1n) is 14.3. The largest absolute Gasteiger partial charge is 0.450 e. The number of ether oxygens (including phenoxy) is 1. The molecule has 4 aromatic rings. The van der Waals surface area contributed by atoms with Crippen LogP contribution in [0.2, 0.25) is 0 Å². The van der Waals surface area contributed by atoms with Crippen molar-refractivity contribution in [2.75, 3.05) is 18.1 Å². The van der Waals surface area contributed by atoms with Crippen molar-refractivity contribution in [3.8, 4) is 0 Å². The van der Waals surface area contributed by atoms with E-state index in [-0.39, 0.29) is 24.8 Å². The molecule has 0 aliphatic heterocycles. The van der Waals surface area contributed by atoms with Crippen LogP contribution in [0, 0.1) is 0 Å². The maximum absolute atomic E-state index is 13.5. The third-order valence-electron chi connectivity index (χ3n) is 6.59. The average molecular weight is 620 g/mol. The number of carbonyl (C=O) groups is 1. The third-order valence-corrected chi connectivity index (χ3v) is 6.59. The molecule has 0 bridgehead atoms. The van der Waals surface area contributed by atoms with Crippen LogP contribution in [0.15, 0.2) is 78.9 Å². The molecule has 236 valence electrons. The van der Waals surface area contributed by atoms with Gasteiger partial charge in [0.05, 0.1) is 29.8 Å². The number of para-hydroxylation sites is 1. The highest BCUT2D eigenvalue weighted by Gasteiger charge is 2.37. The first-order valence-corrected chi connectivity index (χ1v) is 14.3. The molecule has 4 rings (SSSR count). The molecule has 0 spiro atoms. The number of pyridine rings is 1. The van der Waals surface area contributed by atoms with E-state index >= 15 is 0 Å². The van der Waals surface area contributed by atoms with E-state index in [1.54, 1.807) is 6.92 Å². The molecule has 0 unspecified atom stereocenters. The fraction of sp³-hybridized carbons (Fsp3) is 0.333. The maximum Gasteiger partial charge on any atom is 0.416 e. The summed E-state index contributed by atoms with van der Waals surface area (Å²) in [5.74, 6) is 0.536. The standard InChI is InChI=1S/C31H29F6N3O2.C2H6/c1-3-39(18-21-10-6-5-7-11-21)28-24(16-23-12-8-9-13-27(23)38-28)20-40(29(41)42-4-2)19-22-14-25(30(32,33)34)17-26(15-22)31(35,36)37;1-2/h5-17H,3-4,18-20H2,1-2H3;1-2H3. The average Bonchev–Trinajstić information content (AvgIpc) is 3.00. The van der Waals surface area contributed by atoms with Gasteiger partial charge in [-0.15, -0.1) is 0 Å². The Balaban J connectivity index is 0.00000259. The lowest BCUT2D eigenvalue weighted by atomic mass is 10.0. The molecule has 1 heterocycles. The van der Waals surface area contributed by atoms with Crippen LogP contribution >= 0.6 is 0 Å². The summed E-state index contributed by atoms with van der Waals surface area (Å²) in [5, 5.41) is 0.759. The first kappa shape index (κ1) is 34.2. The van der Waals surface area contributed by atoms with Crippen LogP contribution in [-0.4, -0.2) is 29.1 Å². The van der Waals surface area contributed by atoms with Gasteiger partial charge < -0.3 is 9.64 Å². The van der Waals surface area contributed by atoms with Gasteiger partial charge in [-0.2, -0.15) is 26.3 Å². The summed E-state index contributed by atoms with van der Waals surface area (Å²) in [7, 11) is 0. The SMILES string of the molecule is CC.CCOC(=O)N(Cc1cc(C(F)(F)F)cc(C(F)(F)F)c1)Cc1cc2ccccc2nc1N(CC)Cc1ccccc1. The van der Waals surface area contributed by atoms with E-state index in [0.717, 1.165) is 15.8 Å². The van der Waals surface area contributed by atoms with Crippen molar-refractivity contribution in [1.82, 2.24) is 9.88 Å². The molecule has 0 N–H and O–H groups in total. The number of aromatic nitrogens is 1.